The summed E-state index contributed by atoms with van der Waals surface area (Å²) in [6.45, 7) is 1.98. The number of benzene rings is 9. The Hall–Kier alpha value is -11.0. The van der Waals surface area contributed by atoms with Crippen molar-refractivity contribution in [2.24, 2.45) is 0 Å². The Kier molecular flexibility index (Phi) is 16.4. The van der Waals surface area contributed by atoms with Crippen LogP contribution < -0.4 is 16.0 Å². The van der Waals surface area contributed by atoms with Crippen molar-refractivity contribution >= 4 is 92.2 Å². The summed E-state index contributed by atoms with van der Waals surface area (Å²) in [5.74, 6) is -3.08. The van der Waals surface area contributed by atoms with E-state index < -0.39 is 11.9 Å². The summed E-state index contributed by atoms with van der Waals surface area (Å²) >= 11 is 0. The lowest BCUT2D eigenvalue weighted by atomic mass is 10.1. The summed E-state index contributed by atoms with van der Waals surface area (Å²) in [7, 11) is 0. The fourth-order valence-corrected chi connectivity index (χ4v) is 8.69. The van der Waals surface area contributed by atoms with Gasteiger partial charge in [0.05, 0.1) is 55.6 Å². The highest BCUT2D eigenvalue weighted by atomic mass is 35.5. The molecule has 16 nitrogen and oxygen atoms in total. The Bertz CT molecular complexity index is 4030. The van der Waals surface area contributed by atoms with Gasteiger partial charge in [-0.3, -0.25) is 28.1 Å². The van der Waals surface area contributed by atoms with E-state index in [0.29, 0.717) is 28.1 Å². The Balaban J connectivity index is 0.000000144. The van der Waals surface area contributed by atoms with Crippen molar-refractivity contribution in [3.8, 4) is 17.1 Å². The Morgan fingerprint density at radius 2 is 0.650 bits per heavy atom. The number of nitrogens with zero attached hydrogens (tertiary/aromatic N) is 6. The predicted octanol–water partition coefficient (Wildman–Crippen LogP) is 13.0. The standard InChI is InChI=1S/2C21H15N3O3.C21H17N3O.ClH/c2*25-20(14-6-2-1-3-7-14)23-18-12-15(10-11-16(18)21(26)27)24-13-22-17-8-4-5-9-19(17)24;1-15-11-12-17(24-14-22-18-9-5-6-10-20(18)24)13-19(15)23-21(25)16-7-3-2-4-8-16;/h2*1-13H,(H,23,25)(H,26,27);2-14H,1H3,(H,23,25);1H. The molecule has 0 spiro atoms. The highest BCUT2D eigenvalue weighted by molar-refractivity contribution is 6.09. The third kappa shape index (κ3) is 12.0. The van der Waals surface area contributed by atoms with Gasteiger partial charge in [0.1, 0.15) is 19.0 Å². The van der Waals surface area contributed by atoms with Crippen molar-refractivity contribution < 1.29 is 34.2 Å². The topological polar surface area (TPSA) is 215 Å². The third-order valence-electron chi connectivity index (χ3n) is 12.7. The van der Waals surface area contributed by atoms with Gasteiger partial charge in [0, 0.05) is 39.4 Å². The van der Waals surface area contributed by atoms with Crippen LogP contribution in [0.15, 0.2) is 237 Å². The van der Waals surface area contributed by atoms with Gasteiger partial charge < -0.3 is 26.2 Å². The molecule has 0 aliphatic rings. The molecule has 0 aliphatic heterocycles. The average molecular weight is 1080 g/mol. The van der Waals surface area contributed by atoms with Crippen molar-refractivity contribution in [1.29, 1.82) is 0 Å². The number of hydrogen-bond donors (Lipinski definition) is 5. The number of carboxylic acid groups (broad SMARTS) is 2. The Morgan fingerprint density at radius 3 is 0.988 bits per heavy atom. The summed E-state index contributed by atoms with van der Waals surface area (Å²) in [4.78, 5) is 73.7. The van der Waals surface area contributed by atoms with Crippen LogP contribution in [0.3, 0.4) is 0 Å². The monoisotopic (exact) mass is 1080 g/mol. The maximum atomic E-state index is 12.5. The maximum Gasteiger partial charge on any atom is 0.337 e. The molecule has 3 heterocycles. The molecule has 0 aliphatic carbocycles. The minimum Gasteiger partial charge on any atom is -0.478 e. The zero-order valence-corrected chi connectivity index (χ0v) is 43.4. The number of aromatic carboxylic acids is 2. The van der Waals surface area contributed by atoms with Gasteiger partial charge in [-0.1, -0.05) is 97.1 Å². The van der Waals surface area contributed by atoms with Gasteiger partial charge in [-0.2, -0.15) is 0 Å². The van der Waals surface area contributed by atoms with Crippen LogP contribution in [0, 0.1) is 6.92 Å². The molecule has 9 aromatic carbocycles. The Labute approximate surface area is 463 Å². The van der Waals surface area contributed by atoms with Crippen LogP contribution in [-0.4, -0.2) is 68.5 Å². The van der Waals surface area contributed by atoms with Crippen molar-refractivity contribution in [2.75, 3.05) is 16.0 Å². The zero-order valence-electron chi connectivity index (χ0n) is 42.5. The molecule has 12 rings (SSSR count). The van der Waals surface area contributed by atoms with E-state index in [4.69, 9.17) is 0 Å². The van der Waals surface area contributed by atoms with Crippen molar-refractivity contribution in [2.45, 2.75) is 6.92 Å². The lowest BCUT2D eigenvalue weighted by Gasteiger charge is -2.12. The van der Waals surface area contributed by atoms with Crippen LogP contribution in [0.25, 0.3) is 50.2 Å². The SMILES string of the molecule is Cc1ccc(-n2cnc3ccccc32)cc1NC(=O)c1ccccc1.Cl.O=C(Nc1cc(-n2cnc3ccccc32)ccc1C(=O)O)c1ccccc1.O=C(Nc1cc(-n2cnc3ccccc32)ccc1C(=O)O)c1ccccc1. The number of carboxylic acids is 2. The first kappa shape index (κ1) is 53.8. The number of anilines is 3. The lowest BCUT2D eigenvalue weighted by Crippen LogP contribution is -2.15. The minimum absolute atomic E-state index is 0. The number of para-hydroxylation sites is 6. The first-order valence-corrected chi connectivity index (χ1v) is 24.7. The number of fused-ring (bicyclic) bond motifs is 3. The van der Waals surface area contributed by atoms with Crippen molar-refractivity contribution in [3.63, 3.8) is 0 Å². The number of halogens is 1. The van der Waals surface area contributed by atoms with E-state index in [1.165, 1.54) is 12.1 Å². The van der Waals surface area contributed by atoms with Crippen LogP contribution >= 0.6 is 12.4 Å². The summed E-state index contributed by atoms with van der Waals surface area (Å²) in [5, 5.41) is 27.4. The molecule has 0 fully saturated rings. The highest BCUT2D eigenvalue weighted by Crippen LogP contribution is 2.28. The summed E-state index contributed by atoms with van der Waals surface area (Å²) < 4.78 is 5.71. The second-order valence-corrected chi connectivity index (χ2v) is 17.8. The second kappa shape index (κ2) is 24.4. The van der Waals surface area contributed by atoms with Gasteiger partial charge in [0.15, 0.2) is 0 Å². The molecule has 12 aromatic rings. The fraction of sp³-hybridized carbons (Fsp3) is 0.0159. The van der Waals surface area contributed by atoms with Crippen LogP contribution in [0.5, 0.6) is 0 Å². The average Bonchev–Trinajstić information content (AvgIpc) is 4.27. The van der Waals surface area contributed by atoms with Gasteiger partial charge in [0.25, 0.3) is 17.7 Å². The molecule has 0 saturated heterocycles. The number of carbonyl (C=O) groups excluding carboxylic acids is 3. The molecule has 3 aromatic heterocycles. The number of aromatic nitrogens is 6. The predicted molar refractivity (Wildman–Crippen MR) is 312 cm³/mol. The van der Waals surface area contributed by atoms with Gasteiger partial charge in [0.2, 0.25) is 0 Å². The zero-order chi connectivity index (χ0) is 54.8. The van der Waals surface area contributed by atoms with Gasteiger partial charge >= 0.3 is 11.9 Å². The second-order valence-electron chi connectivity index (χ2n) is 17.8. The van der Waals surface area contributed by atoms with E-state index in [9.17, 15) is 34.2 Å². The molecule has 17 heteroatoms. The number of nitrogens with one attached hydrogen (secondary N) is 3. The van der Waals surface area contributed by atoms with Gasteiger partial charge in [-0.25, -0.2) is 24.5 Å². The van der Waals surface area contributed by atoms with Crippen LogP contribution in [0.1, 0.15) is 57.4 Å². The van der Waals surface area contributed by atoms with Crippen molar-refractivity contribution in [3.05, 3.63) is 271 Å². The number of aryl methyl sites for hydroxylation is 1. The maximum absolute atomic E-state index is 12.5. The van der Waals surface area contributed by atoms with Crippen LogP contribution in [-0.2, 0) is 0 Å². The smallest absolute Gasteiger partial charge is 0.337 e. The van der Waals surface area contributed by atoms with E-state index >= 15 is 0 Å². The highest BCUT2D eigenvalue weighted by Gasteiger charge is 2.18. The first-order chi connectivity index (χ1) is 38.5. The van der Waals surface area contributed by atoms with Gasteiger partial charge in [-0.05, 0) is 134 Å². The summed E-state index contributed by atoms with van der Waals surface area (Å²) in [6.07, 6.45) is 5.14. The van der Waals surface area contributed by atoms with E-state index in [1.807, 2.05) is 142 Å². The van der Waals surface area contributed by atoms with Crippen molar-refractivity contribution in [1.82, 2.24) is 28.7 Å². The number of hydrogen-bond acceptors (Lipinski definition) is 8. The molecule has 394 valence electrons. The summed E-state index contributed by atoms with van der Waals surface area (Å²) in [5.41, 5.74) is 11.6. The molecular formula is C63H48ClN9O7. The van der Waals surface area contributed by atoms with Crippen LogP contribution in [0.2, 0.25) is 0 Å². The van der Waals surface area contributed by atoms with E-state index in [2.05, 4.69) is 30.9 Å². The third-order valence-corrected chi connectivity index (χ3v) is 12.7. The van der Waals surface area contributed by atoms with E-state index in [1.54, 1.807) is 104 Å². The number of rotatable bonds is 11. The lowest BCUT2D eigenvalue weighted by molar-refractivity contribution is 0.0687. The molecule has 0 unspecified atom stereocenters. The van der Waals surface area contributed by atoms with E-state index in [0.717, 1.165) is 50.0 Å². The largest absolute Gasteiger partial charge is 0.478 e. The Morgan fingerprint density at radius 1 is 0.362 bits per heavy atom. The van der Waals surface area contributed by atoms with Crippen LogP contribution in [0.4, 0.5) is 17.1 Å². The normalized spacial score (nSPS) is 10.6. The molecule has 0 saturated carbocycles. The molecule has 3 amide bonds. The summed E-state index contributed by atoms with van der Waals surface area (Å²) in [6, 6.07) is 65.4. The fourth-order valence-electron chi connectivity index (χ4n) is 8.69. The van der Waals surface area contributed by atoms with Gasteiger partial charge in [-0.15, -0.1) is 12.4 Å². The number of imidazole rings is 3. The quantitative estimate of drug-likeness (QED) is 0.0826. The first-order valence-electron chi connectivity index (χ1n) is 24.7. The number of carbonyl (C=O) groups is 5. The molecule has 0 radical (unpaired) electrons. The molecule has 0 bridgehead atoms. The molecule has 0 atom stereocenters. The number of amides is 3. The molecule has 5 N–H and O–H groups in total. The minimum atomic E-state index is -1.11. The molecule has 80 heavy (non-hydrogen) atoms. The molecular weight excluding hydrogens is 1030 g/mol. The van der Waals surface area contributed by atoms with E-state index in [-0.39, 0.29) is 52.6 Å².